The Labute approximate surface area is 215 Å². The fraction of sp³-hybridized carbons (Fsp3) is 0.172. The molecule has 8 heteroatoms. The molecule has 2 amide bonds. The van der Waals surface area contributed by atoms with Gasteiger partial charge in [-0.1, -0.05) is 36.4 Å². The van der Waals surface area contributed by atoms with Gasteiger partial charge in [0.05, 0.1) is 19.9 Å². The van der Waals surface area contributed by atoms with Crippen molar-refractivity contribution in [3.8, 4) is 23.0 Å². The molecule has 3 aromatic carbocycles. The lowest BCUT2D eigenvalue weighted by Gasteiger charge is -2.14. The highest BCUT2D eigenvalue weighted by Crippen LogP contribution is 2.31. The minimum absolute atomic E-state index is 0.0287. The SMILES string of the molecule is C=CCc1ccc(OCCOc2ccc(C=C3C(=O)NN(c4ccccc4)C3=O)cc2OC)c(OC)c1. The van der Waals surface area contributed by atoms with Gasteiger partial charge in [-0.2, -0.15) is 0 Å². The molecule has 0 atom stereocenters. The Bertz CT molecular complexity index is 1320. The summed E-state index contributed by atoms with van der Waals surface area (Å²) in [7, 11) is 3.12. The number of nitrogens with zero attached hydrogens (tertiary/aromatic N) is 1. The number of methoxy groups -OCH3 is 2. The van der Waals surface area contributed by atoms with Crippen LogP contribution in [0.1, 0.15) is 11.1 Å². The summed E-state index contributed by atoms with van der Waals surface area (Å²) in [6.07, 6.45) is 4.10. The van der Waals surface area contributed by atoms with Crippen LogP contribution in [0.25, 0.3) is 6.08 Å². The monoisotopic (exact) mass is 500 g/mol. The van der Waals surface area contributed by atoms with E-state index < -0.39 is 11.8 Å². The summed E-state index contributed by atoms with van der Waals surface area (Å²) in [4.78, 5) is 25.3. The number of anilines is 1. The maximum absolute atomic E-state index is 12.8. The zero-order valence-electron chi connectivity index (χ0n) is 20.7. The van der Waals surface area contributed by atoms with Crippen LogP contribution in [0.15, 0.2) is 85.0 Å². The van der Waals surface area contributed by atoms with Gasteiger partial charge in [0.15, 0.2) is 23.0 Å². The quantitative estimate of drug-likeness (QED) is 0.182. The van der Waals surface area contributed by atoms with Gasteiger partial charge < -0.3 is 18.9 Å². The summed E-state index contributed by atoms with van der Waals surface area (Å²) in [5.74, 6) is 1.34. The number of carbonyl (C=O) groups excluding carboxylic acids is 2. The average molecular weight is 501 g/mol. The number of hydrogen-bond donors (Lipinski definition) is 1. The smallest absolute Gasteiger partial charge is 0.282 e. The Morgan fingerprint density at radius 2 is 1.49 bits per heavy atom. The average Bonchev–Trinajstić information content (AvgIpc) is 3.21. The number of hydrogen-bond acceptors (Lipinski definition) is 6. The van der Waals surface area contributed by atoms with E-state index in [2.05, 4.69) is 12.0 Å². The Morgan fingerprint density at radius 1 is 0.838 bits per heavy atom. The van der Waals surface area contributed by atoms with Crippen LogP contribution in [0.5, 0.6) is 23.0 Å². The first-order valence-electron chi connectivity index (χ1n) is 11.7. The summed E-state index contributed by atoms with van der Waals surface area (Å²) in [5.41, 5.74) is 4.91. The Morgan fingerprint density at radius 3 is 2.14 bits per heavy atom. The van der Waals surface area contributed by atoms with Gasteiger partial charge in [-0.15, -0.1) is 6.58 Å². The van der Waals surface area contributed by atoms with E-state index in [-0.39, 0.29) is 18.8 Å². The highest BCUT2D eigenvalue weighted by molar-refractivity contribution is 6.31. The molecule has 1 heterocycles. The van der Waals surface area contributed by atoms with Crippen molar-refractivity contribution in [2.24, 2.45) is 0 Å². The molecule has 1 fully saturated rings. The lowest BCUT2D eigenvalue weighted by Crippen LogP contribution is -2.35. The number of allylic oxidation sites excluding steroid dienone is 1. The maximum Gasteiger partial charge on any atom is 0.282 e. The second kappa shape index (κ2) is 11.8. The van der Waals surface area contributed by atoms with Crippen molar-refractivity contribution in [3.63, 3.8) is 0 Å². The van der Waals surface area contributed by atoms with Crippen molar-refractivity contribution >= 4 is 23.6 Å². The van der Waals surface area contributed by atoms with Gasteiger partial charge in [0.2, 0.25) is 0 Å². The minimum Gasteiger partial charge on any atom is -0.493 e. The number of para-hydroxylation sites is 1. The molecule has 8 nitrogen and oxygen atoms in total. The van der Waals surface area contributed by atoms with Crippen molar-refractivity contribution in [1.29, 1.82) is 0 Å². The highest BCUT2D eigenvalue weighted by atomic mass is 16.5. The molecule has 1 N–H and O–H groups in total. The topological polar surface area (TPSA) is 86.3 Å². The Kier molecular flexibility index (Phi) is 8.10. The van der Waals surface area contributed by atoms with E-state index >= 15 is 0 Å². The molecule has 0 bridgehead atoms. The van der Waals surface area contributed by atoms with Crippen molar-refractivity contribution < 1.29 is 28.5 Å². The van der Waals surface area contributed by atoms with Crippen molar-refractivity contribution in [1.82, 2.24) is 5.43 Å². The van der Waals surface area contributed by atoms with E-state index in [9.17, 15) is 9.59 Å². The second-order valence-corrected chi connectivity index (χ2v) is 8.06. The zero-order valence-corrected chi connectivity index (χ0v) is 20.7. The summed E-state index contributed by atoms with van der Waals surface area (Å²) in [6, 6.07) is 19.8. The Hall–Kier alpha value is -4.72. The van der Waals surface area contributed by atoms with E-state index in [1.54, 1.807) is 49.6 Å². The first-order valence-corrected chi connectivity index (χ1v) is 11.7. The molecule has 0 aromatic heterocycles. The molecule has 37 heavy (non-hydrogen) atoms. The van der Waals surface area contributed by atoms with E-state index in [0.717, 1.165) is 12.0 Å². The third-order valence-corrected chi connectivity index (χ3v) is 5.61. The van der Waals surface area contributed by atoms with Crippen LogP contribution in [0.3, 0.4) is 0 Å². The maximum atomic E-state index is 12.8. The summed E-state index contributed by atoms with van der Waals surface area (Å²) in [6.45, 7) is 4.31. The van der Waals surface area contributed by atoms with Crippen molar-refractivity contribution in [3.05, 3.63) is 96.1 Å². The first kappa shape index (κ1) is 25.4. The van der Waals surface area contributed by atoms with Crippen LogP contribution in [-0.4, -0.2) is 39.2 Å². The number of hydrazine groups is 1. The molecule has 4 rings (SSSR count). The standard InChI is InChI=1S/C29H28N2O6/c1-4-8-20-11-13-24(26(18-20)34-2)36-15-16-37-25-14-12-21(19-27(25)35-3)17-23-28(32)30-31(29(23)33)22-9-6-5-7-10-22/h4-7,9-14,17-19H,1,8,15-16H2,2-3H3,(H,30,32). The molecular weight excluding hydrogens is 472 g/mol. The molecule has 0 unspecified atom stereocenters. The predicted octanol–water partition coefficient (Wildman–Crippen LogP) is 4.35. The summed E-state index contributed by atoms with van der Waals surface area (Å²) < 4.78 is 22.6. The summed E-state index contributed by atoms with van der Waals surface area (Å²) in [5, 5.41) is 1.23. The van der Waals surface area contributed by atoms with E-state index in [1.165, 1.54) is 18.2 Å². The van der Waals surface area contributed by atoms with Crippen LogP contribution in [-0.2, 0) is 16.0 Å². The van der Waals surface area contributed by atoms with Gasteiger partial charge in [-0.3, -0.25) is 15.0 Å². The van der Waals surface area contributed by atoms with Crippen LogP contribution < -0.4 is 29.4 Å². The van der Waals surface area contributed by atoms with E-state index in [1.807, 2.05) is 30.3 Å². The van der Waals surface area contributed by atoms with E-state index in [4.69, 9.17) is 18.9 Å². The number of amides is 2. The second-order valence-electron chi connectivity index (χ2n) is 8.06. The predicted molar refractivity (Wildman–Crippen MR) is 141 cm³/mol. The van der Waals surface area contributed by atoms with Gasteiger partial charge in [0.1, 0.15) is 18.8 Å². The normalized spacial score (nSPS) is 13.9. The van der Waals surface area contributed by atoms with Crippen molar-refractivity contribution in [2.45, 2.75) is 6.42 Å². The molecule has 0 radical (unpaired) electrons. The van der Waals surface area contributed by atoms with Gasteiger partial charge in [-0.05, 0) is 60.0 Å². The molecule has 190 valence electrons. The lowest BCUT2D eigenvalue weighted by molar-refractivity contribution is -0.117. The van der Waals surface area contributed by atoms with Gasteiger partial charge >= 0.3 is 0 Å². The lowest BCUT2D eigenvalue weighted by atomic mass is 10.1. The van der Waals surface area contributed by atoms with Crippen LogP contribution in [0.4, 0.5) is 5.69 Å². The van der Waals surface area contributed by atoms with Gasteiger partial charge in [-0.25, -0.2) is 5.01 Å². The number of benzene rings is 3. The zero-order chi connectivity index (χ0) is 26.2. The molecule has 1 aliphatic rings. The molecule has 0 saturated carbocycles. The Balaban J connectivity index is 1.40. The minimum atomic E-state index is -0.474. The number of carbonyl (C=O) groups is 2. The van der Waals surface area contributed by atoms with E-state index in [0.29, 0.717) is 34.2 Å². The molecule has 0 spiro atoms. The molecule has 3 aromatic rings. The van der Waals surface area contributed by atoms with Crippen molar-refractivity contribution in [2.75, 3.05) is 32.4 Å². The third-order valence-electron chi connectivity index (χ3n) is 5.61. The van der Waals surface area contributed by atoms with Crippen LogP contribution >= 0.6 is 0 Å². The van der Waals surface area contributed by atoms with Crippen LogP contribution in [0.2, 0.25) is 0 Å². The largest absolute Gasteiger partial charge is 0.493 e. The number of rotatable bonds is 11. The van der Waals surface area contributed by atoms with Gasteiger partial charge in [0, 0.05) is 0 Å². The third kappa shape index (κ3) is 5.92. The number of ether oxygens (including phenoxy) is 4. The molecular formula is C29H28N2O6. The molecule has 0 aliphatic carbocycles. The fourth-order valence-electron chi connectivity index (χ4n) is 3.80. The van der Waals surface area contributed by atoms with Crippen LogP contribution in [0, 0.1) is 0 Å². The molecule has 1 saturated heterocycles. The first-order chi connectivity index (χ1) is 18.0. The van der Waals surface area contributed by atoms with Gasteiger partial charge in [0.25, 0.3) is 11.8 Å². The number of nitrogens with one attached hydrogen (secondary N) is 1. The summed E-state index contributed by atoms with van der Waals surface area (Å²) >= 11 is 0. The fourth-order valence-corrected chi connectivity index (χ4v) is 3.80. The highest BCUT2D eigenvalue weighted by Gasteiger charge is 2.34. The molecule has 1 aliphatic heterocycles.